The van der Waals surface area contributed by atoms with E-state index in [-0.39, 0.29) is 11.9 Å². The second-order valence-corrected chi connectivity index (χ2v) is 4.23. The van der Waals surface area contributed by atoms with Crippen molar-refractivity contribution in [3.63, 3.8) is 0 Å². The van der Waals surface area contributed by atoms with E-state index in [9.17, 15) is 9.59 Å². The van der Waals surface area contributed by atoms with Crippen molar-refractivity contribution >= 4 is 17.6 Å². The van der Waals surface area contributed by atoms with Crippen LogP contribution in [-0.4, -0.2) is 31.1 Å². The van der Waals surface area contributed by atoms with E-state index in [0.717, 1.165) is 5.69 Å². The summed E-state index contributed by atoms with van der Waals surface area (Å²) >= 11 is 0. The van der Waals surface area contributed by atoms with E-state index in [1.165, 1.54) is 7.11 Å². The first-order valence-corrected chi connectivity index (χ1v) is 6.28. The molecule has 0 saturated heterocycles. The van der Waals surface area contributed by atoms with Crippen molar-refractivity contribution < 1.29 is 14.3 Å². The molecule has 0 bridgehead atoms. The largest absolute Gasteiger partial charge is 0.468 e. The lowest BCUT2D eigenvalue weighted by molar-refractivity contribution is -0.143. The Morgan fingerprint density at radius 1 is 1.26 bits per heavy atom. The fourth-order valence-electron chi connectivity index (χ4n) is 1.64. The summed E-state index contributed by atoms with van der Waals surface area (Å²) < 4.78 is 4.67. The Morgan fingerprint density at radius 3 is 2.42 bits per heavy atom. The number of amides is 1. The van der Waals surface area contributed by atoms with Crippen LogP contribution < -0.4 is 10.6 Å². The van der Waals surface area contributed by atoms with E-state index in [2.05, 4.69) is 15.4 Å². The Balaban J connectivity index is 2.55. The number of hydrogen-bond acceptors (Lipinski definition) is 4. The third-order valence-corrected chi connectivity index (χ3v) is 2.78. The number of nitrogens with one attached hydrogen (secondary N) is 2. The van der Waals surface area contributed by atoms with Gasteiger partial charge in [0.2, 0.25) is 5.91 Å². The highest BCUT2D eigenvalue weighted by Crippen LogP contribution is 2.06. The van der Waals surface area contributed by atoms with Crippen molar-refractivity contribution in [3.05, 3.63) is 30.3 Å². The van der Waals surface area contributed by atoms with E-state index in [1.807, 2.05) is 37.3 Å². The lowest BCUT2D eigenvalue weighted by Crippen LogP contribution is -2.47. The lowest BCUT2D eigenvalue weighted by Gasteiger charge is -2.19. The van der Waals surface area contributed by atoms with Gasteiger partial charge in [-0.1, -0.05) is 25.1 Å². The minimum absolute atomic E-state index is 0.187. The van der Waals surface area contributed by atoms with Crippen LogP contribution in [0.5, 0.6) is 0 Å². The highest BCUT2D eigenvalue weighted by atomic mass is 16.5. The quantitative estimate of drug-likeness (QED) is 0.765. The molecule has 0 fully saturated rings. The number of esters is 1. The Labute approximate surface area is 113 Å². The van der Waals surface area contributed by atoms with E-state index in [4.69, 9.17) is 0 Å². The molecule has 5 heteroatoms. The number of methoxy groups -OCH3 is 1. The van der Waals surface area contributed by atoms with Crippen LogP contribution in [0.25, 0.3) is 0 Å². The number of para-hydroxylation sites is 1. The number of carbonyl (C=O) groups excluding carboxylic acids is 2. The summed E-state index contributed by atoms with van der Waals surface area (Å²) in [4.78, 5) is 23.4. The summed E-state index contributed by atoms with van der Waals surface area (Å²) in [5, 5.41) is 5.73. The number of rotatable bonds is 6. The minimum Gasteiger partial charge on any atom is -0.468 e. The van der Waals surface area contributed by atoms with Gasteiger partial charge in [-0.3, -0.25) is 14.9 Å². The van der Waals surface area contributed by atoms with Gasteiger partial charge in [-0.05, 0) is 25.5 Å². The topological polar surface area (TPSA) is 67.4 Å². The average Bonchev–Trinajstić information content (AvgIpc) is 2.44. The summed E-state index contributed by atoms with van der Waals surface area (Å²) in [6.07, 6.45) is 0.565. The van der Waals surface area contributed by atoms with Crippen molar-refractivity contribution in [1.29, 1.82) is 0 Å². The second-order valence-electron chi connectivity index (χ2n) is 4.23. The van der Waals surface area contributed by atoms with Crippen molar-refractivity contribution in [2.24, 2.45) is 0 Å². The van der Waals surface area contributed by atoms with Gasteiger partial charge in [0.1, 0.15) is 6.04 Å². The van der Waals surface area contributed by atoms with E-state index < -0.39 is 12.1 Å². The van der Waals surface area contributed by atoms with E-state index in [0.29, 0.717) is 6.42 Å². The van der Waals surface area contributed by atoms with Crippen LogP contribution in [0.2, 0.25) is 0 Å². The van der Waals surface area contributed by atoms with Crippen molar-refractivity contribution in [1.82, 2.24) is 5.32 Å². The molecule has 0 aliphatic carbocycles. The average molecular weight is 264 g/mol. The van der Waals surface area contributed by atoms with Gasteiger partial charge in [0.15, 0.2) is 0 Å². The molecular formula is C14H20N2O3. The third-order valence-electron chi connectivity index (χ3n) is 2.78. The van der Waals surface area contributed by atoms with Crippen LogP contribution in [0.15, 0.2) is 30.3 Å². The monoisotopic (exact) mass is 264 g/mol. The maximum Gasteiger partial charge on any atom is 0.322 e. The third kappa shape index (κ3) is 4.71. The lowest BCUT2D eigenvalue weighted by atomic mass is 10.2. The second kappa shape index (κ2) is 7.53. The van der Waals surface area contributed by atoms with Crippen LogP contribution in [0.4, 0.5) is 5.69 Å². The summed E-state index contributed by atoms with van der Waals surface area (Å²) in [6, 6.07) is 8.23. The highest BCUT2D eigenvalue weighted by molar-refractivity contribution is 5.94. The van der Waals surface area contributed by atoms with Gasteiger partial charge in [-0.15, -0.1) is 0 Å². The normalized spacial score (nSPS) is 13.4. The summed E-state index contributed by atoms with van der Waals surface area (Å²) in [6.45, 7) is 3.57. The van der Waals surface area contributed by atoms with Gasteiger partial charge in [0, 0.05) is 5.69 Å². The van der Waals surface area contributed by atoms with Gasteiger partial charge in [-0.25, -0.2) is 0 Å². The standard InChI is InChI=1S/C14H20N2O3/c1-4-12(14(18)19-3)15-10(2)13(17)16-11-8-6-5-7-9-11/h5-10,12,15H,4H2,1-3H3,(H,16,17)/t10-,12+/m0/s1. The summed E-state index contributed by atoms with van der Waals surface area (Å²) in [7, 11) is 1.33. The summed E-state index contributed by atoms with van der Waals surface area (Å²) in [5.41, 5.74) is 0.729. The maximum atomic E-state index is 11.9. The molecule has 1 aromatic carbocycles. The molecule has 0 aliphatic rings. The van der Waals surface area contributed by atoms with Crippen LogP contribution in [-0.2, 0) is 14.3 Å². The molecule has 1 amide bonds. The SMILES string of the molecule is CC[C@@H](N[C@@H](C)C(=O)Nc1ccccc1)C(=O)OC. The van der Waals surface area contributed by atoms with Crippen molar-refractivity contribution in [3.8, 4) is 0 Å². The van der Waals surface area contributed by atoms with Gasteiger partial charge in [0.25, 0.3) is 0 Å². The zero-order valence-electron chi connectivity index (χ0n) is 11.5. The molecule has 5 nitrogen and oxygen atoms in total. The first kappa shape index (κ1) is 15.2. The predicted molar refractivity (Wildman–Crippen MR) is 73.8 cm³/mol. The van der Waals surface area contributed by atoms with Gasteiger partial charge in [-0.2, -0.15) is 0 Å². The van der Waals surface area contributed by atoms with Gasteiger partial charge >= 0.3 is 5.97 Å². The number of anilines is 1. The molecule has 0 aliphatic heterocycles. The van der Waals surface area contributed by atoms with E-state index in [1.54, 1.807) is 6.92 Å². The Kier molecular flexibility index (Phi) is 6.02. The molecule has 0 saturated carbocycles. The molecule has 104 valence electrons. The smallest absolute Gasteiger partial charge is 0.322 e. The first-order valence-electron chi connectivity index (χ1n) is 6.28. The van der Waals surface area contributed by atoms with Crippen molar-refractivity contribution in [2.45, 2.75) is 32.4 Å². The molecule has 0 spiro atoms. The molecule has 0 aromatic heterocycles. The number of hydrogen-bond donors (Lipinski definition) is 2. The molecule has 0 unspecified atom stereocenters. The Bertz CT molecular complexity index is 420. The minimum atomic E-state index is -0.482. The van der Waals surface area contributed by atoms with Crippen LogP contribution >= 0.6 is 0 Å². The molecule has 0 heterocycles. The number of carbonyl (C=O) groups is 2. The molecule has 1 aromatic rings. The van der Waals surface area contributed by atoms with Crippen molar-refractivity contribution in [2.75, 3.05) is 12.4 Å². The van der Waals surface area contributed by atoms with Gasteiger partial charge in [0.05, 0.1) is 13.2 Å². The van der Waals surface area contributed by atoms with E-state index >= 15 is 0 Å². The van der Waals surface area contributed by atoms with Crippen LogP contribution in [0.3, 0.4) is 0 Å². The highest BCUT2D eigenvalue weighted by Gasteiger charge is 2.22. The molecule has 0 radical (unpaired) electrons. The fraction of sp³-hybridized carbons (Fsp3) is 0.429. The first-order chi connectivity index (χ1) is 9.08. The Morgan fingerprint density at radius 2 is 1.89 bits per heavy atom. The summed E-state index contributed by atoms with van der Waals surface area (Å²) in [5.74, 6) is -0.546. The van der Waals surface area contributed by atoms with Crippen LogP contribution in [0, 0.1) is 0 Å². The zero-order valence-corrected chi connectivity index (χ0v) is 11.5. The van der Waals surface area contributed by atoms with Gasteiger partial charge < -0.3 is 10.1 Å². The molecule has 2 atom stereocenters. The molecule has 19 heavy (non-hydrogen) atoms. The number of benzene rings is 1. The fourth-order valence-corrected chi connectivity index (χ4v) is 1.64. The predicted octanol–water partition coefficient (Wildman–Crippen LogP) is 1.55. The molecular weight excluding hydrogens is 244 g/mol. The molecule has 2 N–H and O–H groups in total. The Hall–Kier alpha value is -1.88. The zero-order chi connectivity index (χ0) is 14.3. The van der Waals surface area contributed by atoms with Crippen LogP contribution in [0.1, 0.15) is 20.3 Å². The maximum absolute atomic E-state index is 11.9. The molecule has 1 rings (SSSR count). The number of ether oxygens (including phenoxy) is 1.